The van der Waals surface area contributed by atoms with Crippen molar-refractivity contribution in [2.75, 3.05) is 6.54 Å². The Morgan fingerprint density at radius 1 is 1.30 bits per heavy atom. The molecule has 0 saturated carbocycles. The number of carbonyl (C=O) groups excluding carboxylic acids is 1. The smallest absolute Gasteiger partial charge is 0.322 e. The molecule has 1 aliphatic heterocycles. The fourth-order valence-corrected chi connectivity index (χ4v) is 3.58. The molecule has 30 heavy (non-hydrogen) atoms. The van der Waals surface area contributed by atoms with Crippen molar-refractivity contribution in [1.82, 2.24) is 20.4 Å². The van der Waals surface area contributed by atoms with Gasteiger partial charge < -0.3 is 9.84 Å². The van der Waals surface area contributed by atoms with Crippen LogP contribution in [0.25, 0.3) is 17.0 Å². The monoisotopic (exact) mass is 424 g/mol. The molecule has 0 spiro atoms. The predicted molar refractivity (Wildman–Crippen MR) is 112 cm³/mol. The van der Waals surface area contributed by atoms with Crippen molar-refractivity contribution in [3.05, 3.63) is 89.2 Å². The second-order valence-electron chi connectivity index (χ2n) is 6.77. The number of benzene rings is 2. The van der Waals surface area contributed by atoms with Gasteiger partial charge >= 0.3 is 6.03 Å². The molecule has 6 nitrogen and oxygen atoms in total. The van der Waals surface area contributed by atoms with Gasteiger partial charge in [0.25, 0.3) is 5.89 Å². The zero-order chi connectivity index (χ0) is 21.3. The van der Waals surface area contributed by atoms with Crippen molar-refractivity contribution in [3.63, 3.8) is 0 Å². The Labute approximate surface area is 177 Å². The van der Waals surface area contributed by atoms with Crippen LogP contribution in [0.3, 0.4) is 0 Å². The Bertz CT molecular complexity index is 1140. The summed E-state index contributed by atoms with van der Waals surface area (Å²) in [4.78, 5) is 18.7. The Balaban J connectivity index is 1.82. The highest BCUT2D eigenvalue weighted by Crippen LogP contribution is 2.37. The number of amides is 2. The lowest BCUT2D eigenvalue weighted by atomic mass is 9.94. The van der Waals surface area contributed by atoms with Crippen LogP contribution in [0.4, 0.5) is 9.18 Å². The Morgan fingerprint density at radius 3 is 2.77 bits per heavy atom. The van der Waals surface area contributed by atoms with Crippen molar-refractivity contribution in [2.24, 2.45) is 0 Å². The van der Waals surface area contributed by atoms with Gasteiger partial charge in [-0.15, -0.1) is 6.58 Å². The van der Waals surface area contributed by atoms with Crippen LogP contribution in [0.5, 0.6) is 0 Å². The van der Waals surface area contributed by atoms with Crippen molar-refractivity contribution < 1.29 is 13.7 Å². The highest BCUT2D eigenvalue weighted by atomic mass is 35.5. The summed E-state index contributed by atoms with van der Waals surface area (Å²) in [7, 11) is 0. The molecule has 1 unspecified atom stereocenters. The van der Waals surface area contributed by atoms with E-state index in [2.05, 4.69) is 22.0 Å². The molecule has 0 fully saturated rings. The summed E-state index contributed by atoms with van der Waals surface area (Å²) in [5, 5.41) is 7.57. The molecular weight excluding hydrogens is 407 g/mol. The molecule has 3 aromatic rings. The molecule has 8 heteroatoms. The van der Waals surface area contributed by atoms with E-state index < -0.39 is 6.04 Å². The minimum absolute atomic E-state index is 0.255. The summed E-state index contributed by atoms with van der Waals surface area (Å²) >= 11 is 6.07. The molecular formula is C22H18ClFN4O2. The molecule has 152 valence electrons. The third kappa shape index (κ3) is 3.71. The van der Waals surface area contributed by atoms with Crippen LogP contribution in [0.15, 0.2) is 71.4 Å². The maximum absolute atomic E-state index is 13.4. The highest BCUT2D eigenvalue weighted by Gasteiger charge is 2.35. The maximum Gasteiger partial charge on any atom is 0.322 e. The summed E-state index contributed by atoms with van der Waals surface area (Å²) < 4.78 is 19.0. The zero-order valence-electron chi connectivity index (χ0n) is 16.1. The lowest BCUT2D eigenvalue weighted by Crippen LogP contribution is -2.46. The van der Waals surface area contributed by atoms with Crippen LogP contribution in [0, 0.1) is 5.82 Å². The largest absolute Gasteiger partial charge is 0.334 e. The van der Waals surface area contributed by atoms with Gasteiger partial charge in [0.1, 0.15) is 5.82 Å². The van der Waals surface area contributed by atoms with E-state index in [0.29, 0.717) is 39.8 Å². The number of urea groups is 1. The molecule has 1 atom stereocenters. The number of carbonyl (C=O) groups is 1. The van der Waals surface area contributed by atoms with E-state index in [1.807, 2.05) is 6.07 Å². The number of rotatable bonds is 5. The second-order valence-corrected chi connectivity index (χ2v) is 7.20. The lowest BCUT2D eigenvalue weighted by molar-refractivity contribution is 0.209. The van der Waals surface area contributed by atoms with E-state index in [9.17, 15) is 9.18 Å². The molecule has 0 radical (unpaired) electrons. The first-order chi connectivity index (χ1) is 14.5. The SMILES string of the molecule is C=CCN1C(=O)NC(c2ccc(F)cc2)C(c2nc(-c3cccc(Cl)c3)no2)=C1C. The summed E-state index contributed by atoms with van der Waals surface area (Å²) in [5.74, 6) is 0.265. The van der Waals surface area contributed by atoms with Crippen molar-refractivity contribution >= 4 is 23.2 Å². The lowest BCUT2D eigenvalue weighted by Gasteiger charge is -2.34. The van der Waals surface area contributed by atoms with Crippen molar-refractivity contribution in [2.45, 2.75) is 13.0 Å². The fraction of sp³-hybridized carbons (Fsp3) is 0.136. The van der Waals surface area contributed by atoms with E-state index in [-0.39, 0.29) is 17.7 Å². The predicted octanol–water partition coefficient (Wildman–Crippen LogP) is 5.21. The molecule has 1 N–H and O–H groups in total. The van der Waals surface area contributed by atoms with E-state index in [4.69, 9.17) is 16.1 Å². The van der Waals surface area contributed by atoms with Crippen LogP contribution in [-0.2, 0) is 0 Å². The van der Waals surface area contributed by atoms with Gasteiger partial charge in [0.15, 0.2) is 0 Å². The van der Waals surface area contributed by atoms with Gasteiger partial charge in [-0.2, -0.15) is 4.98 Å². The summed E-state index contributed by atoms with van der Waals surface area (Å²) in [6.07, 6.45) is 1.63. The third-order valence-corrected chi connectivity index (χ3v) is 5.09. The molecule has 1 aromatic heterocycles. The molecule has 0 bridgehead atoms. The van der Waals surface area contributed by atoms with Crippen LogP contribution >= 0.6 is 11.6 Å². The molecule has 2 heterocycles. The minimum atomic E-state index is -0.577. The third-order valence-electron chi connectivity index (χ3n) is 4.85. The molecule has 1 aliphatic rings. The Kier molecular flexibility index (Phi) is 5.37. The van der Waals surface area contributed by atoms with Crippen molar-refractivity contribution in [1.29, 1.82) is 0 Å². The first-order valence-electron chi connectivity index (χ1n) is 9.23. The maximum atomic E-state index is 13.4. The van der Waals surface area contributed by atoms with E-state index in [1.165, 1.54) is 17.0 Å². The number of allylic oxidation sites excluding steroid dienone is 1. The number of halogens is 2. The number of nitrogens with zero attached hydrogens (tertiary/aromatic N) is 3. The average Bonchev–Trinajstić information content (AvgIpc) is 3.21. The van der Waals surface area contributed by atoms with Crippen molar-refractivity contribution in [3.8, 4) is 11.4 Å². The molecule has 2 amide bonds. The minimum Gasteiger partial charge on any atom is -0.334 e. The quantitative estimate of drug-likeness (QED) is 0.570. The Morgan fingerprint density at radius 2 is 2.07 bits per heavy atom. The highest BCUT2D eigenvalue weighted by molar-refractivity contribution is 6.30. The van der Waals surface area contributed by atoms with E-state index >= 15 is 0 Å². The molecule has 2 aromatic carbocycles. The first kappa shape index (κ1) is 19.8. The molecule has 0 aliphatic carbocycles. The summed E-state index contributed by atoms with van der Waals surface area (Å²) in [6.45, 7) is 5.83. The number of hydrogen-bond donors (Lipinski definition) is 1. The fourth-order valence-electron chi connectivity index (χ4n) is 3.39. The van der Waals surface area contributed by atoms with E-state index in [1.54, 1.807) is 43.3 Å². The first-order valence-corrected chi connectivity index (χ1v) is 9.61. The van der Waals surface area contributed by atoms with Gasteiger partial charge in [0, 0.05) is 22.8 Å². The second kappa shape index (κ2) is 8.12. The average molecular weight is 425 g/mol. The van der Waals surface area contributed by atoms with Gasteiger partial charge in [-0.05, 0) is 36.8 Å². The molecule has 0 saturated heterocycles. The summed E-state index contributed by atoms with van der Waals surface area (Å²) in [6, 6.07) is 12.2. The van der Waals surface area contributed by atoms with Crippen LogP contribution in [-0.4, -0.2) is 27.6 Å². The van der Waals surface area contributed by atoms with Gasteiger partial charge in [0.05, 0.1) is 11.6 Å². The van der Waals surface area contributed by atoms with Crippen LogP contribution in [0.1, 0.15) is 24.4 Å². The number of nitrogens with one attached hydrogen (secondary N) is 1. The Hall–Kier alpha value is -3.45. The van der Waals surface area contributed by atoms with Crippen LogP contribution in [0.2, 0.25) is 5.02 Å². The van der Waals surface area contributed by atoms with Crippen LogP contribution < -0.4 is 5.32 Å². The number of hydrogen-bond acceptors (Lipinski definition) is 4. The van der Waals surface area contributed by atoms with Gasteiger partial charge in [-0.25, -0.2) is 9.18 Å². The van der Waals surface area contributed by atoms with Gasteiger partial charge in [-0.1, -0.05) is 47.1 Å². The standard InChI is InChI=1S/C22H18ClFN4O2/c1-3-11-28-13(2)18(19(25-22(28)29)14-7-9-17(24)10-8-14)21-26-20(27-30-21)15-5-4-6-16(23)12-15/h3-10,12,19H,1,11H2,2H3,(H,25,29). The number of aromatic nitrogens is 2. The normalized spacial score (nSPS) is 16.6. The molecule has 4 rings (SSSR count). The van der Waals surface area contributed by atoms with E-state index in [0.717, 1.165) is 0 Å². The van der Waals surface area contributed by atoms with Gasteiger partial charge in [0.2, 0.25) is 5.82 Å². The van der Waals surface area contributed by atoms with Gasteiger partial charge in [-0.3, -0.25) is 4.90 Å². The summed E-state index contributed by atoms with van der Waals surface area (Å²) in [5.41, 5.74) is 2.68. The zero-order valence-corrected chi connectivity index (χ0v) is 16.9. The topological polar surface area (TPSA) is 71.3 Å².